The van der Waals surface area contributed by atoms with Crippen LogP contribution in [-0.4, -0.2) is 22.6 Å². The molecule has 2 aromatic carbocycles. The molecule has 0 aliphatic rings. The minimum atomic E-state index is -4.63. The van der Waals surface area contributed by atoms with Gasteiger partial charge >= 0.3 is 12.1 Å². The first-order chi connectivity index (χ1) is 11.3. The van der Waals surface area contributed by atoms with Gasteiger partial charge in [-0.2, -0.15) is 13.2 Å². The molecular weight excluding hydrogens is 321 g/mol. The second kappa shape index (κ2) is 5.67. The number of fused-ring (bicyclic) bond motifs is 1. The SMILES string of the molecule is COC(=O)c1cccc(-n2c(C(F)(F)F)nc3ccccc32)c1C. The topological polar surface area (TPSA) is 44.1 Å². The van der Waals surface area contributed by atoms with Crippen LogP contribution in [0.25, 0.3) is 16.7 Å². The molecule has 4 nitrogen and oxygen atoms in total. The van der Waals surface area contributed by atoms with E-state index in [4.69, 9.17) is 0 Å². The Hall–Kier alpha value is -2.83. The molecule has 0 unspecified atom stereocenters. The number of aromatic nitrogens is 2. The number of hydrogen-bond acceptors (Lipinski definition) is 3. The van der Waals surface area contributed by atoms with E-state index in [1.54, 1.807) is 25.1 Å². The van der Waals surface area contributed by atoms with Crippen molar-refractivity contribution in [3.63, 3.8) is 0 Å². The lowest BCUT2D eigenvalue weighted by Crippen LogP contribution is -2.15. The Morgan fingerprint density at radius 1 is 1.12 bits per heavy atom. The van der Waals surface area contributed by atoms with Crippen molar-refractivity contribution in [2.45, 2.75) is 13.1 Å². The van der Waals surface area contributed by atoms with Gasteiger partial charge < -0.3 is 4.74 Å². The zero-order chi connectivity index (χ0) is 17.5. The number of alkyl halides is 3. The van der Waals surface area contributed by atoms with Gasteiger partial charge in [0.1, 0.15) is 0 Å². The average Bonchev–Trinajstić information content (AvgIpc) is 2.94. The summed E-state index contributed by atoms with van der Waals surface area (Å²) in [7, 11) is 1.22. The highest BCUT2D eigenvalue weighted by Crippen LogP contribution is 2.35. The van der Waals surface area contributed by atoms with Crippen molar-refractivity contribution in [2.24, 2.45) is 0 Å². The number of esters is 1. The molecule has 0 N–H and O–H groups in total. The number of ether oxygens (including phenoxy) is 1. The van der Waals surface area contributed by atoms with Crippen molar-refractivity contribution in [3.8, 4) is 5.69 Å². The third kappa shape index (κ3) is 2.51. The monoisotopic (exact) mass is 334 g/mol. The number of imidazole rings is 1. The molecule has 1 heterocycles. The second-order valence-electron chi connectivity index (χ2n) is 5.20. The molecule has 0 aliphatic heterocycles. The van der Waals surface area contributed by atoms with E-state index in [0.717, 1.165) is 4.57 Å². The first-order valence-corrected chi connectivity index (χ1v) is 7.07. The molecule has 3 rings (SSSR count). The summed E-state index contributed by atoms with van der Waals surface area (Å²) in [4.78, 5) is 15.6. The Labute approximate surface area is 135 Å². The zero-order valence-electron chi connectivity index (χ0n) is 12.9. The molecule has 0 fully saturated rings. The van der Waals surface area contributed by atoms with Gasteiger partial charge in [-0.15, -0.1) is 0 Å². The quantitative estimate of drug-likeness (QED) is 0.662. The third-order valence-corrected chi connectivity index (χ3v) is 3.77. The van der Waals surface area contributed by atoms with Crippen molar-refractivity contribution in [2.75, 3.05) is 7.11 Å². The molecule has 24 heavy (non-hydrogen) atoms. The molecule has 7 heteroatoms. The van der Waals surface area contributed by atoms with E-state index in [1.165, 1.54) is 31.4 Å². The molecule has 3 aromatic rings. The fraction of sp³-hybridized carbons (Fsp3) is 0.176. The van der Waals surface area contributed by atoms with Crippen molar-refractivity contribution >= 4 is 17.0 Å². The fourth-order valence-corrected chi connectivity index (χ4v) is 2.66. The van der Waals surface area contributed by atoms with Crippen molar-refractivity contribution in [3.05, 3.63) is 59.4 Å². The van der Waals surface area contributed by atoms with Crippen LogP contribution >= 0.6 is 0 Å². The first kappa shape index (κ1) is 16.0. The summed E-state index contributed by atoms with van der Waals surface area (Å²) < 4.78 is 46.1. The van der Waals surface area contributed by atoms with Gasteiger partial charge in [-0.3, -0.25) is 4.57 Å². The van der Waals surface area contributed by atoms with Crippen LogP contribution in [-0.2, 0) is 10.9 Å². The van der Waals surface area contributed by atoms with E-state index in [0.29, 0.717) is 11.1 Å². The molecule has 0 saturated carbocycles. The number of methoxy groups -OCH3 is 1. The number of rotatable bonds is 2. The maximum absolute atomic E-state index is 13.5. The van der Waals surface area contributed by atoms with E-state index in [2.05, 4.69) is 9.72 Å². The highest BCUT2D eigenvalue weighted by Gasteiger charge is 2.38. The zero-order valence-corrected chi connectivity index (χ0v) is 12.9. The lowest BCUT2D eigenvalue weighted by Gasteiger charge is -2.15. The predicted molar refractivity (Wildman–Crippen MR) is 82.1 cm³/mol. The Kier molecular flexibility index (Phi) is 3.79. The van der Waals surface area contributed by atoms with Gasteiger partial charge in [-0.25, -0.2) is 9.78 Å². The molecule has 0 aliphatic carbocycles. The Balaban J connectivity index is 2.36. The van der Waals surface area contributed by atoms with Crippen LogP contribution in [0.4, 0.5) is 13.2 Å². The minimum Gasteiger partial charge on any atom is -0.465 e. The highest BCUT2D eigenvalue weighted by molar-refractivity contribution is 5.92. The van der Waals surface area contributed by atoms with E-state index >= 15 is 0 Å². The van der Waals surface area contributed by atoms with Crippen molar-refractivity contribution in [1.29, 1.82) is 0 Å². The maximum Gasteiger partial charge on any atom is 0.450 e. The van der Waals surface area contributed by atoms with E-state index in [1.807, 2.05) is 0 Å². The number of halogens is 3. The predicted octanol–water partition coefficient (Wildman–Crippen LogP) is 4.14. The van der Waals surface area contributed by atoms with Crippen LogP contribution in [0.2, 0.25) is 0 Å². The first-order valence-electron chi connectivity index (χ1n) is 7.07. The van der Waals surface area contributed by atoms with Crippen LogP contribution in [0.15, 0.2) is 42.5 Å². The molecule has 0 saturated heterocycles. The van der Waals surface area contributed by atoms with Crippen LogP contribution in [0.3, 0.4) is 0 Å². The molecule has 0 bridgehead atoms. The fourth-order valence-electron chi connectivity index (χ4n) is 2.66. The summed E-state index contributed by atoms with van der Waals surface area (Å²) in [5.74, 6) is -1.64. The number of carbonyl (C=O) groups excluding carboxylic acids is 1. The molecule has 0 radical (unpaired) electrons. The smallest absolute Gasteiger partial charge is 0.450 e. The van der Waals surface area contributed by atoms with Gasteiger partial charge in [0.15, 0.2) is 0 Å². The Bertz CT molecular complexity index is 929. The number of carbonyl (C=O) groups is 1. The third-order valence-electron chi connectivity index (χ3n) is 3.77. The molecule has 0 spiro atoms. The van der Waals surface area contributed by atoms with Gasteiger partial charge in [0.25, 0.3) is 0 Å². The van der Waals surface area contributed by atoms with Crippen LogP contribution in [0, 0.1) is 6.92 Å². The molecule has 1 aromatic heterocycles. The Morgan fingerprint density at radius 3 is 2.50 bits per heavy atom. The number of para-hydroxylation sites is 2. The van der Waals surface area contributed by atoms with Gasteiger partial charge in [0.2, 0.25) is 5.82 Å². The van der Waals surface area contributed by atoms with Gasteiger partial charge in [-0.1, -0.05) is 18.2 Å². The summed E-state index contributed by atoms with van der Waals surface area (Å²) in [5.41, 5.74) is 1.38. The molecular formula is C17H13F3N2O2. The van der Waals surface area contributed by atoms with E-state index in [9.17, 15) is 18.0 Å². The summed E-state index contributed by atoms with van der Waals surface area (Å²) >= 11 is 0. The van der Waals surface area contributed by atoms with E-state index in [-0.39, 0.29) is 16.8 Å². The average molecular weight is 334 g/mol. The normalized spacial score (nSPS) is 11.7. The maximum atomic E-state index is 13.5. The largest absolute Gasteiger partial charge is 0.465 e. The number of hydrogen-bond donors (Lipinski definition) is 0. The summed E-state index contributed by atoms with van der Waals surface area (Å²) in [5, 5.41) is 0. The Morgan fingerprint density at radius 2 is 1.83 bits per heavy atom. The van der Waals surface area contributed by atoms with Crippen molar-refractivity contribution < 1.29 is 22.7 Å². The van der Waals surface area contributed by atoms with Gasteiger partial charge in [-0.05, 0) is 36.8 Å². The summed E-state index contributed by atoms with van der Waals surface area (Å²) in [6.07, 6.45) is -4.63. The molecule has 0 amide bonds. The van der Waals surface area contributed by atoms with Gasteiger partial charge in [0, 0.05) is 0 Å². The van der Waals surface area contributed by atoms with E-state index < -0.39 is 18.0 Å². The lowest BCUT2D eigenvalue weighted by molar-refractivity contribution is -0.145. The minimum absolute atomic E-state index is 0.209. The molecule has 124 valence electrons. The van der Waals surface area contributed by atoms with Crippen molar-refractivity contribution in [1.82, 2.24) is 9.55 Å². The van der Waals surface area contributed by atoms with Crippen LogP contribution in [0.1, 0.15) is 21.7 Å². The number of benzene rings is 2. The second-order valence-corrected chi connectivity index (χ2v) is 5.20. The lowest BCUT2D eigenvalue weighted by atomic mass is 10.1. The van der Waals surface area contributed by atoms with Crippen LogP contribution < -0.4 is 0 Å². The summed E-state index contributed by atoms with van der Waals surface area (Å²) in [6, 6.07) is 10.9. The van der Waals surface area contributed by atoms with Crippen LogP contribution in [0.5, 0.6) is 0 Å². The van der Waals surface area contributed by atoms with Gasteiger partial charge in [0.05, 0.1) is 29.4 Å². The summed E-state index contributed by atoms with van der Waals surface area (Å²) in [6.45, 7) is 1.58. The highest BCUT2D eigenvalue weighted by atomic mass is 19.4. The number of nitrogens with zero attached hydrogens (tertiary/aromatic N) is 2. The molecule has 0 atom stereocenters. The standard InChI is InChI=1S/C17H13F3N2O2/c1-10-11(15(23)24-2)6-5-9-13(10)22-14-8-4-3-7-12(14)21-16(22)17(18,19)20/h3-9H,1-2H3.